The van der Waals surface area contributed by atoms with Gasteiger partial charge in [-0.2, -0.15) is 0 Å². The molecule has 0 saturated carbocycles. The maximum absolute atomic E-state index is 12.3. The molecule has 2 aromatic heterocycles. The largest absolute Gasteiger partial charge is 0.355 e. The van der Waals surface area contributed by atoms with E-state index in [9.17, 15) is 4.79 Å². The van der Waals surface area contributed by atoms with Gasteiger partial charge in [-0.05, 0) is 32.9 Å². The summed E-state index contributed by atoms with van der Waals surface area (Å²) in [5.74, 6) is 0.709. The molecule has 4 aromatic rings. The number of aryl methyl sites for hydroxylation is 1. The van der Waals surface area contributed by atoms with E-state index in [0.717, 1.165) is 33.5 Å². The molecule has 0 radical (unpaired) electrons. The Morgan fingerprint density at radius 1 is 1.18 bits per heavy atom. The summed E-state index contributed by atoms with van der Waals surface area (Å²) >= 11 is 1.40. The average Bonchev–Trinajstić information content (AvgIpc) is 3.21. The normalized spacial score (nSPS) is 12.0. The SMILES string of the molecule is C=CCn1c(SC(C)C(=O)NCC)nnc1-c1cc(-c2ccc(C)cc2)nc2ccccc12. The van der Waals surface area contributed by atoms with Crippen molar-refractivity contribution in [1.82, 2.24) is 25.1 Å². The average molecular weight is 458 g/mol. The minimum absolute atomic E-state index is 0.0202. The van der Waals surface area contributed by atoms with E-state index in [1.807, 2.05) is 48.8 Å². The minimum atomic E-state index is -0.289. The third-order valence-electron chi connectivity index (χ3n) is 5.34. The van der Waals surface area contributed by atoms with Crippen molar-refractivity contribution in [2.45, 2.75) is 37.7 Å². The smallest absolute Gasteiger partial charge is 0.233 e. The summed E-state index contributed by atoms with van der Waals surface area (Å²) in [7, 11) is 0. The van der Waals surface area contributed by atoms with Gasteiger partial charge in [0.1, 0.15) is 0 Å². The second kappa shape index (κ2) is 10.0. The van der Waals surface area contributed by atoms with Gasteiger partial charge in [0.15, 0.2) is 11.0 Å². The number of allylic oxidation sites excluding steroid dienone is 1. The molecule has 2 heterocycles. The van der Waals surface area contributed by atoms with Gasteiger partial charge in [-0.15, -0.1) is 16.8 Å². The highest BCUT2D eigenvalue weighted by atomic mass is 32.2. The highest BCUT2D eigenvalue weighted by Crippen LogP contribution is 2.33. The Hall–Kier alpha value is -3.45. The van der Waals surface area contributed by atoms with E-state index in [0.29, 0.717) is 18.2 Å². The van der Waals surface area contributed by atoms with Crippen molar-refractivity contribution < 1.29 is 4.79 Å². The third kappa shape index (κ3) is 4.83. The van der Waals surface area contributed by atoms with Crippen LogP contribution in [0.5, 0.6) is 0 Å². The molecule has 0 fully saturated rings. The number of nitrogens with one attached hydrogen (secondary N) is 1. The Morgan fingerprint density at radius 3 is 2.67 bits per heavy atom. The zero-order chi connectivity index (χ0) is 23.4. The van der Waals surface area contributed by atoms with Crippen molar-refractivity contribution >= 4 is 28.6 Å². The highest BCUT2D eigenvalue weighted by Gasteiger charge is 2.21. The molecule has 1 N–H and O–H groups in total. The molecule has 168 valence electrons. The number of rotatable bonds is 8. The van der Waals surface area contributed by atoms with E-state index in [4.69, 9.17) is 4.98 Å². The summed E-state index contributed by atoms with van der Waals surface area (Å²) in [5.41, 5.74) is 4.96. The maximum Gasteiger partial charge on any atom is 0.233 e. The lowest BCUT2D eigenvalue weighted by Gasteiger charge is -2.14. The van der Waals surface area contributed by atoms with Crippen LogP contribution in [0.15, 0.2) is 72.4 Å². The zero-order valence-corrected chi connectivity index (χ0v) is 19.9. The summed E-state index contributed by atoms with van der Waals surface area (Å²) in [6, 6.07) is 18.5. The topological polar surface area (TPSA) is 72.7 Å². The van der Waals surface area contributed by atoms with Gasteiger partial charge >= 0.3 is 0 Å². The van der Waals surface area contributed by atoms with Crippen molar-refractivity contribution in [2.75, 3.05) is 6.54 Å². The fourth-order valence-electron chi connectivity index (χ4n) is 3.63. The van der Waals surface area contributed by atoms with Crippen LogP contribution in [0.4, 0.5) is 0 Å². The number of fused-ring (bicyclic) bond motifs is 1. The zero-order valence-electron chi connectivity index (χ0n) is 19.1. The van der Waals surface area contributed by atoms with E-state index in [2.05, 4.69) is 59.3 Å². The second-order valence-corrected chi connectivity index (χ2v) is 9.11. The van der Waals surface area contributed by atoms with Crippen molar-refractivity contribution in [3.05, 3.63) is 72.8 Å². The fourth-order valence-corrected chi connectivity index (χ4v) is 4.51. The van der Waals surface area contributed by atoms with Gasteiger partial charge in [-0.3, -0.25) is 9.36 Å². The van der Waals surface area contributed by atoms with Crippen LogP contribution in [0.1, 0.15) is 19.4 Å². The molecule has 7 heteroatoms. The molecule has 6 nitrogen and oxygen atoms in total. The molecule has 0 aliphatic carbocycles. The monoisotopic (exact) mass is 457 g/mol. The van der Waals surface area contributed by atoms with Crippen LogP contribution in [-0.2, 0) is 11.3 Å². The van der Waals surface area contributed by atoms with E-state index < -0.39 is 0 Å². The summed E-state index contributed by atoms with van der Waals surface area (Å²) in [6.45, 7) is 10.9. The standard InChI is InChI=1S/C26H27N5OS/c1-5-15-31-24(29-30-26(31)33-18(4)25(32)27-6-2)21-16-23(19-13-11-17(3)12-14-19)28-22-10-8-7-9-20(21)22/h5,7-14,16,18H,1,6,15H2,2-4H3,(H,27,32). The molecular weight excluding hydrogens is 430 g/mol. The number of carbonyl (C=O) groups excluding carboxylic acids is 1. The first-order valence-electron chi connectivity index (χ1n) is 11.0. The van der Waals surface area contributed by atoms with Gasteiger partial charge in [0.25, 0.3) is 0 Å². The Bertz CT molecular complexity index is 1300. The second-order valence-electron chi connectivity index (χ2n) is 7.80. The number of aromatic nitrogens is 4. The van der Waals surface area contributed by atoms with Crippen LogP contribution in [0.3, 0.4) is 0 Å². The highest BCUT2D eigenvalue weighted by molar-refractivity contribution is 8.00. The number of thioether (sulfide) groups is 1. The number of nitrogens with zero attached hydrogens (tertiary/aromatic N) is 4. The first kappa shape index (κ1) is 22.7. The van der Waals surface area contributed by atoms with E-state index in [-0.39, 0.29) is 11.2 Å². The van der Waals surface area contributed by atoms with Gasteiger partial charge in [0.05, 0.1) is 16.5 Å². The summed E-state index contributed by atoms with van der Waals surface area (Å²) < 4.78 is 2.01. The summed E-state index contributed by atoms with van der Waals surface area (Å²) in [5, 5.41) is 13.2. The third-order valence-corrected chi connectivity index (χ3v) is 6.42. The number of pyridine rings is 1. The van der Waals surface area contributed by atoms with Crippen molar-refractivity contribution in [2.24, 2.45) is 0 Å². The molecule has 0 aliphatic heterocycles. The van der Waals surface area contributed by atoms with Gasteiger partial charge in [0, 0.05) is 29.6 Å². The molecule has 1 amide bonds. The lowest BCUT2D eigenvalue weighted by Crippen LogP contribution is -2.30. The molecule has 1 atom stereocenters. The number of amides is 1. The number of hydrogen-bond acceptors (Lipinski definition) is 5. The molecule has 0 spiro atoms. The predicted octanol–water partition coefficient (Wildman–Crippen LogP) is 5.27. The molecule has 0 bridgehead atoms. The van der Waals surface area contributed by atoms with Crippen molar-refractivity contribution in [3.63, 3.8) is 0 Å². The summed E-state index contributed by atoms with van der Waals surface area (Å²) in [6.07, 6.45) is 1.82. The van der Waals surface area contributed by atoms with Crippen molar-refractivity contribution in [3.8, 4) is 22.6 Å². The van der Waals surface area contributed by atoms with Gasteiger partial charge in [-0.1, -0.05) is 65.9 Å². The van der Waals surface area contributed by atoms with Crippen LogP contribution in [0.2, 0.25) is 0 Å². The Kier molecular flexibility index (Phi) is 6.89. The number of hydrogen-bond donors (Lipinski definition) is 1. The van der Waals surface area contributed by atoms with Gasteiger partial charge in [-0.25, -0.2) is 4.98 Å². The molecule has 2 aromatic carbocycles. The van der Waals surface area contributed by atoms with Crippen LogP contribution in [-0.4, -0.2) is 37.5 Å². The van der Waals surface area contributed by atoms with E-state index in [1.54, 1.807) is 0 Å². The van der Waals surface area contributed by atoms with Crippen LogP contribution in [0.25, 0.3) is 33.5 Å². The van der Waals surface area contributed by atoms with Crippen molar-refractivity contribution in [1.29, 1.82) is 0 Å². The first-order chi connectivity index (χ1) is 16.0. The lowest BCUT2D eigenvalue weighted by atomic mass is 10.0. The molecule has 1 unspecified atom stereocenters. The Morgan fingerprint density at radius 2 is 1.94 bits per heavy atom. The lowest BCUT2D eigenvalue weighted by molar-refractivity contribution is -0.120. The van der Waals surface area contributed by atoms with E-state index >= 15 is 0 Å². The Balaban J connectivity index is 1.84. The quantitative estimate of drug-likeness (QED) is 0.288. The van der Waals surface area contributed by atoms with Gasteiger partial charge < -0.3 is 5.32 Å². The van der Waals surface area contributed by atoms with Crippen LogP contribution in [0, 0.1) is 6.92 Å². The molecule has 0 aliphatic rings. The van der Waals surface area contributed by atoms with Gasteiger partial charge in [0.2, 0.25) is 5.91 Å². The fraction of sp³-hybridized carbons (Fsp3) is 0.231. The van der Waals surface area contributed by atoms with Crippen LogP contribution < -0.4 is 5.32 Å². The predicted molar refractivity (Wildman–Crippen MR) is 135 cm³/mol. The molecule has 0 saturated heterocycles. The molecular formula is C26H27N5OS. The number of carbonyl (C=O) groups is 1. The minimum Gasteiger partial charge on any atom is -0.355 e. The van der Waals surface area contributed by atoms with Crippen LogP contribution >= 0.6 is 11.8 Å². The maximum atomic E-state index is 12.3. The number of para-hydroxylation sites is 1. The molecule has 4 rings (SSSR count). The van der Waals surface area contributed by atoms with E-state index in [1.165, 1.54) is 17.3 Å². The summed E-state index contributed by atoms with van der Waals surface area (Å²) in [4.78, 5) is 17.2. The molecule has 33 heavy (non-hydrogen) atoms. The number of benzene rings is 2. The first-order valence-corrected chi connectivity index (χ1v) is 11.9. The Labute approximate surface area is 198 Å².